The van der Waals surface area contributed by atoms with Crippen molar-refractivity contribution in [1.82, 2.24) is 4.98 Å². The number of rotatable bonds is 2. The normalized spacial score (nSPS) is 29.1. The first-order chi connectivity index (χ1) is 9.16. The highest BCUT2D eigenvalue weighted by Gasteiger charge is 2.34. The van der Waals surface area contributed by atoms with Gasteiger partial charge in [0.2, 0.25) is 0 Å². The smallest absolute Gasteiger partial charge is 0.186 e. The predicted molar refractivity (Wildman–Crippen MR) is 81.8 cm³/mol. The van der Waals surface area contributed by atoms with E-state index in [9.17, 15) is 0 Å². The van der Waals surface area contributed by atoms with E-state index < -0.39 is 0 Å². The van der Waals surface area contributed by atoms with Gasteiger partial charge >= 0.3 is 0 Å². The van der Waals surface area contributed by atoms with Crippen molar-refractivity contribution in [3.8, 4) is 0 Å². The zero-order valence-corrected chi connectivity index (χ0v) is 12.9. The van der Waals surface area contributed by atoms with Crippen LogP contribution in [0.5, 0.6) is 0 Å². The Morgan fingerprint density at radius 3 is 2.74 bits per heavy atom. The molecule has 1 unspecified atom stereocenters. The van der Waals surface area contributed by atoms with Gasteiger partial charge in [0, 0.05) is 23.5 Å². The average Bonchev–Trinajstić information content (AvgIpc) is 2.80. The lowest BCUT2D eigenvalue weighted by Crippen LogP contribution is -2.46. The van der Waals surface area contributed by atoms with Crippen LogP contribution in [0, 0.1) is 12.8 Å². The summed E-state index contributed by atoms with van der Waals surface area (Å²) in [4.78, 5) is 8.66. The molecule has 2 N–H and O–H groups in total. The van der Waals surface area contributed by atoms with Crippen LogP contribution in [0.2, 0.25) is 0 Å². The van der Waals surface area contributed by atoms with Gasteiger partial charge in [-0.1, -0.05) is 12.8 Å². The van der Waals surface area contributed by atoms with Crippen LogP contribution in [-0.4, -0.2) is 17.6 Å². The van der Waals surface area contributed by atoms with E-state index in [4.69, 9.17) is 10.7 Å². The number of aromatic nitrogens is 1. The van der Waals surface area contributed by atoms with Crippen molar-refractivity contribution in [1.29, 1.82) is 0 Å². The summed E-state index contributed by atoms with van der Waals surface area (Å²) in [5.41, 5.74) is 7.17. The minimum atomic E-state index is 0.109. The summed E-state index contributed by atoms with van der Waals surface area (Å²) in [6.45, 7) is 5.34. The molecule has 0 aromatic carbocycles. The standard InChI is InChI=1S/C15H25N3S/c1-10(16)14-11(2)17-15(19-14)18-9-5-7-12-6-3-4-8-13(12)18/h10,12-13H,3-9,16H2,1-2H3/t10?,12-,13-/m1/s1. The van der Waals surface area contributed by atoms with E-state index in [-0.39, 0.29) is 6.04 Å². The Bertz CT molecular complexity index is 439. The minimum Gasteiger partial charge on any atom is -0.345 e. The molecule has 0 bridgehead atoms. The number of hydrogen-bond acceptors (Lipinski definition) is 4. The first-order valence-electron chi connectivity index (χ1n) is 7.66. The molecule has 3 atom stereocenters. The van der Waals surface area contributed by atoms with E-state index in [1.807, 2.05) is 11.3 Å². The van der Waals surface area contributed by atoms with Gasteiger partial charge in [0.05, 0.1) is 5.69 Å². The van der Waals surface area contributed by atoms with Crippen LogP contribution < -0.4 is 10.6 Å². The Balaban J connectivity index is 1.85. The van der Waals surface area contributed by atoms with Crippen LogP contribution in [0.3, 0.4) is 0 Å². The summed E-state index contributed by atoms with van der Waals surface area (Å²) in [6.07, 6.45) is 8.35. The monoisotopic (exact) mass is 279 g/mol. The molecule has 1 saturated carbocycles. The highest BCUT2D eigenvalue weighted by Crippen LogP contribution is 2.40. The predicted octanol–water partition coefficient (Wildman–Crippen LogP) is 3.63. The topological polar surface area (TPSA) is 42.2 Å². The first-order valence-corrected chi connectivity index (χ1v) is 8.48. The van der Waals surface area contributed by atoms with E-state index in [2.05, 4.69) is 18.7 Å². The lowest BCUT2D eigenvalue weighted by Gasteiger charge is -2.44. The molecule has 2 heterocycles. The molecular weight excluding hydrogens is 254 g/mol. The summed E-state index contributed by atoms with van der Waals surface area (Å²) in [6, 6.07) is 0.854. The summed E-state index contributed by atoms with van der Waals surface area (Å²) in [5, 5.41) is 1.22. The van der Waals surface area contributed by atoms with Gasteiger partial charge in [0.15, 0.2) is 5.13 Å². The molecule has 19 heavy (non-hydrogen) atoms. The second kappa shape index (κ2) is 5.41. The largest absolute Gasteiger partial charge is 0.345 e. The number of anilines is 1. The van der Waals surface area contributed by atoms with Crippen molar-refractivity contribution in [2.24, 2.45) is 11.7 Å². The Hall–Kier alpha value is -0.610. The van der Waals surface area contributed by atoms with Crippen molar-refractivity contribution in [2.75, 3.05) is 11.4 Å². The van der Waals surface area contributed by atoms with Crippen LogP contribution in [0.15, 0.2) is 0 Å². The third-order valence-corrected chi connectivity index (χ3v) is 6.12. The van der Waals surface area contributed by atoms with Gasteiger partial charge in [0.25, 0.3) is 0 Å². The third-order valence-electron chi connectivity index (χ3n) is 4.72. The molecule has 3 nitrogen and oxygen atoms in total. The van der Waals surface area contributed by atoms with E-state index in [0.717, 1.165) is 17.7 Å². The maximum atomic E-state index is 6.04. The SMILES string of the molecule is Cc1nc(N2CCC[C@H]3CCCC[C@H]32)sc1C(C)N. The number of nitrogens with zero attached hydrogens (tertiary/aromatic N) is 2. The van der Waals surface area contributed by atoms with Crippen molar-refractivity contribution in [2.45, 2.75) is 64.5 Å². The average molecular weight is 279 g/mol. The van der Waals surface area contributed by atoms with Crippen LogP contribution >= 0.6 is 11.3 Å². The molecule has 0 spiro atoms. The Morgan fingerprint density at radius 2 is 2.00 bits per heavy atom. The van der Waals surface area contributed by atoms with Gasteiger partial charge in [-0.3, -0.25) is 0 Å². The van der Waals surface area contributed by atoms with E-state index in [1.54, 1.807) is 0 Å². The molecule has 1 saturated heterocycles. The van der Waals surface area contributed by atoms with Crippen LogP contribution in [0.4, 0.5) is 5.13 Å². The number of nitrogens with two attached hydrogens (primary N) is 1. The first kappa shape index (κ1) is 13.4. The summed E-state index contributed by atoms with van der Waals surface area (Å²) < 4.78 is 0. The second-order valence-corrected chi connectivity index (χ2v) is 7.19. The molecule has 4 heteroatoms. The fourth-order valence-electron chi connectivity index (χ4n) is 3.80. The summed E-state index contributed by atoms with van der Waals surface area (Å²) in [5.74, 6) is 0.908. The van der Waals surface area contributed by atoms with Crippen LogP contribution in [-0.2, 0) is 0 Å². The molecule has 1 aromatic rings. The fraction of sp³-hybridized carbons (Fsp3) is 0.800. The molecule has 106 valence electrons. The van der Waals surface area contributed by atoms with Gasteiger partial charge in [-0.05, 0) is 45.4 Å². The number of thiazole rings is 1. The van der Waals surface area contributed by atoms with Crippen molar-refractivity contribution >= 4 is 16.5 Å². The lowest BCUT2D eigenvalue weighted by molar-refractivity contribution is 0.243. The fourth-order valence-corrected chi connectivity index (χ4v) is 4.90. The molecule has 0 amide bonds. The molecular formula is C15H25N3S. The van der Waals surface area contributed by atoms with Gasteiger partial charge < -0.3 is 10.6 Å². The maximum Gasteiger partial charge on any atom is 0.186 e. The van der Waals surface area contributed by atoms with Gasteiger partial charge in [-0.25, -0.2) is 4.98 Å². The second-order valence-electron chi connectivity index (χ2n) is 6.18. The summed E-state index contributed by atoms with van der Waals surface area (Å²) in [7, 11) is 0. The molecule has 2 aliphatic rings. The van der Waals surface area contributed by atoms with E-state index in [0.29, 0.717) is 0 Å². The van der Waals surface area contributed by atoms with E-state index >= 15 is 0 Å². The van der Waals surface area contributed by atoms with Gasteiger partial charge in [-0.2, -0.15) is 0 Å². The number of fused-ring (bicyclic) bond motifs is 1. The third kappa shape index (κ3) is 2.52. The van der Waals surface area contributed by atoms with Crippen LogP contribution in [0.1, 0.15) is 62.1 Å². The molecule has 1 aliphatic heterocycles. The summed E-state index contributed by atoms with van der Waals surface area (Å²) >= 11 is 1.82. The Labute approximate surface area is 120 Å². The van der Waals surface area contributed by atoms with Gasteiger partial charge in [0.1, 0.15) is 0 Å². The maximum absolute atomic E-state index is 6.04. The number of hydrogen-bond donors (Lipinski definition) is 1. The molecule has 2 fully saturated rings. The molecule has 1 aliphatic carbocycles. The highest BCUT2D eigenvalue weighted by molar-refractivity contribution is 7.15. The van der Waals surface area contributed by atoms with E-state index in [1.165, 1.54) is 55.1 Å². The quantitative estimate of drug-likeness (QED) is 0.899. The Kier molecular flexibility index (Phi) is 3.81. The number of aryl methyl sites for hydroxylation is 1. The van der Waals surface area contributed by atoms with Crippen molar-refractivity contribution in [3.63, 3.8) is 0 Å². The Morgan fingerprint density at radius 1 is 1.26 bits per heavy atom. The highest BCUT2D eigenvalue weighted by atomic mass is 32.1. The minimum absolute atomic E-state index is 0.109. The lowest BCUT2D eigenvalue weighted by atomic mass is 9.78. The number of piperidine rings is 1. The molecule has 1 aromatic heterocycles. The molecule has 3 rings (SSSR count). The zero-order chi connectivity index (χ0) is 13.4. The molecule has 0 radical (unpaired) electrons. The van der Waals surface area contributed by atoms with Crippen molar-refractivity contribution < 1.29 is 0 Å². The van der Waals surface area contributed by atoms with Crippen molar-refractivity contribution in [3.05, 3.63) is 10.6 Å². The zero-order valence-electron chi connectivity index (χ0n) is 12.1. The van der Waals surface area contributed by atoms with Crippen LogP contribution in [0.25, 0.3) is 0 Å². The van der Waals surface area contributed by atoms with Gasteiger partial charge in [-0.15, -0.1) is 11.3 Å².